The summed E-state index contributed by atoms with van der Waals surface area (Å²) < 4.78 is 48.0. The second-order valence-electron chi connectivity index (χ2n) is 14.8. The van der Waals surface area contributed by atoms with Crippen LogP contribution >= 0.6 is 11.6 Å². The van der Waals surface area contributed by atoms with E-state index in [1.165, 1.54) is 11.1 Å². The van der Waals surface area contributed by atoms with Crippen molar-refractivity contribution in [3.8, 4) is 5.75 Å². The molecular weight excluding hydrogens is 662 g/mol. The van der Waals surface area contributed by atoms with Gasteiger partial charge in [0.1, 0.15) is 11.5 Å². The number of carbonyl (C=O) groups excluding carboxylic acids is 1. The van der Waals surface area contributed by atoms with E-state index in [0.29, 0.717) is 31.7 Å². The van der Waals surface area contributed by atoms with E-state index in [0.717, 1.165) is 60.8 Å². The van der Waals surface area contributed by atoms with Crippen molar-refractivity contribution in [2.45, 2.75) is 82.0 Å². The first-order valence-electron chi connectivity index (χ1n) is 17.4. The van der Waals surface area contributed by atoms with Gasteiger partial charge in [0.05, 0.1) is 28.8 Å². The van der Waals surface area contributed by atoms with Gasteiger partial charge in [-0.15, -0.1) is 0 Å². The highest BCUT2D eigenvalue weighted by Crippen LogP contribution is 2.49. The number of rotatable bonds is 3. The lowest BCUT2D eigenvalue weighted by molar-refractivity contribution is -0.0753. The number of fused-ring (bicyclic) bond motifs is 4. The normalized spacial score (nSPS) is 31.8. The Kier molecular flexibility index (Phi) is 9.11. The van der Waals surface area contributed by atoms with Crippen LogP contribution < -0.4 is 14.4 Å². The number of anilines is 1. The zero-order chi connectivity index (χ0) is 34.6. The standard InChI is InChI=1S/C38H46ClN3O6S/c1-24-7-5-16-38(46-4,20-31-17-25(2)48-40-31)33-12-9-29(33)21-42-22-37(15-6-8-27-18-30(39)11-13-32(27)37)23-47-35-14-10-28(19-34(35)42)36(43)41-49(44,45)26(24)3/h5,10-11,13-14,16-19,24,26,29,33H,6-9,12,15,20-23H2,1-4H3,(H,41,43)/b16-5+/t24-,26+,29-,33+,37-,38-/m0/s1. The van der Waals surface area contributed by atoms with Gasteiger partial charge in [-0.25, -0.2) is 13.1 Å². The van der Waals surface area contributed by atoms with E-state index < -0.39 is 26.8 Å². The quantitative estimate of drug-likeness (QED) is 0.296. The lowest BCUT2D eigenvalue weighted by atomic mass is 9.62. The average Bonchev–Trinajstić information content (AvgIpc) is 3.40. The topological polar surface area (TPSA) is 111 Å². The van der Waals surface area contributed by atoms with Gasteiger partial charge in [-0.1, -0.05) is 41.9 Å². The maximum atomic E-state index is 13.6. The molecule has 11 heteroatoms. The number of nitrogens with zero attached hydrogens (tertiary/aromatic N) is 2. The van der Waals surface area contributed by atoms with E-state index in [-0.39, 0.29) is 28.7 Å². The summed E-state index contributed by atoms with van der Waals surface area (Å²) in [4.78, 5) is 15.9. The molecule has 3 aromatic rings. The van der Waals surface area contributed by atoms with Gasteiger partial charge in [-0.3, -0.25) is 4.79 Å². The summed E-state index contributed by atoms with van der Waals surface area (Å²) in [7, 11) is -2.21. The fourth-order valence-electron chi connectivity index (χ4n) is 8.62. The van der Waals surface area contributed by atoms with Gasteiger partial charge in [0.25, 0.3) is 5.91 Å². The molecule has 1 fully saturated rings. The monoisotopic (exact) mass is 707 g/mol. The number of methoxy groups -OCH3 is 1. The summed E-state index contributed by atoms with van der Waals surface area (Å²) in [5.41, 5.74) is 3.47. The summed E-state index contributed by atoms with van der Waals surface area (Å²) in [5, 5.41) is 4.27. The predicted octanol–water partition coefficient (Wildman–Crippen LogP) is 6.81. The molecule has 1 amide bonds. The van der Waals surface area contributed by atoms with Crippen LogP contribution in [0.15, 0.2) is 59.1 Å². The molecule has 1 N–H and O–H groups in total. The highest BCUT2D eigenvalue weighted by molar-refractivity contribution is 7.90. The minimum absolute atomic E-state index is 0.169. The van der Waals surface area contributed by atoms with Crippen molar-refractivity contribution in [2.75, 3.05) is 31.7 Å². The Morgan fingerprint density at radius 2 is 1.98 bits per heavy atom. The van der Waals surface area contributed by atoms with Crippen LogP contribution in [0.2, 0.25) is 5.02 Å². The van der Waals surface area contributed by atoms with Gasteiger partial charge in [0.15, 0.2) is 0 Å². The van der Waals surface area contributed by atoms with Crippen molar-refractivity contribution in [1.29, 1.82) is 0 Å². The van der Waals surface area contributed by atoms with Crippen LogP contribution in [-0.4, -0.2) is 57.1 Å². The minimum Gasteiger partial charge on any atom is -0.490 e. The van der Waals surface area contributed by atoms with E-state index in [1.54, 1.807) is 26.2 Å². The van der Waals surface area contributed by atoms with Gasteiger partial charge in [0.2, 0.25) is 10.0 Å². The molecule has 1 saturated carbocycles. The number of aromatic nitrogens is 1. The molecule has 1 spiro atoms. The van der Waals surface area contributed by atoms with Crippen LogP contribution in [-0.2, 0) is 33.0 Å². The summed E-state index contributed by atoms with van der Waals surface area (Å²) in [6.07, 6.45) is 10.2. The van der Waals surface area contributed by atoms with Crippen molar-refractivity contribution in [1.82, 2.24) is 9.88 Å². The number of allylic oxidation sites excluding steroid dienone is 1. The van der Waals surface area contributed by atoms with Gasteiger partial charge < -0.3 is 18.9 Å². The molecule has 262 valence electrons. The van der Waals surface area contributed by atoms with Crippen molar-refractivity contribution in [3.63, 3.8) is 0 Å². The number of hydrogen-bond acceptors (Lipinski definition) is 8. The third kappa shape index (κ3) is 6.40. The molecule has 2 aliphatic heterocycles. The van der Waals surface area contributed by atoms with Gasteiger partial charge >= 0.3 is 0 Å². The maximum absolute atomic E-state index is 13.6. The van der Waals surface area contributed by atoms with Crippen LogP contribution in [0.1, 0.15) is 78.9 Å². The van der Waals surface area contributed by atoms with E-state index in [2.05, 4.69) is 39.1 Å². The van der Waals surface area contributed by atoms with E-state index in [9.17, 15) is 13.2 Å². The number of amides is 1. The van der Waals surface area contributed by atoms with Crippen LogP contribution in [0.3, 0.4) is 0 Å². The average molecular weight is 708 g/mol. The molecule has 2 aromatic carbocycles. The van der Waals surface area contributed by atoms with E-state index >= 15 is 0 Å². The van der Waals surface area contributed by atoms with Crippen molar-refractivity contribution in [2.24, 2.45) is 17.8 Å². The molecule has 3 heterocycles. The SMILES string of the molecule is CO[C@]1(Cc2cc(C)on2)/C=C/C[C@H](C)[C@@H](C)S(=O)(=O)NC(=O)c2ccc3c(c2)N(C[C@@H]2CC[C@H]21)C[C@@]1(CCCc2cc(Cl)ccc21)CO3. The van der Waals surface area contributed by atoms with Gasteiger partial charge in [-0.05, 0) is 112 Å². The first kappa shape index (κ1) is 34.1. The van der Waals surface area contributed by atoms with Crippen molar-refractivity contribution >= 4 is 33.2 Å². The Hall–Kier alpha value is -3.34. The number of carbonyl (C=O) groups is 1. The summed E-state index contributed by atoms with van der Waals surface area (Å²) >= 11 is 6.47. The Morgan fingerprint density at radius 3 is 2.71 bits per heavy atom. The number of ether oxygens (including phenoxy) is 2. The number of nitrogens with one attached hydrogen (secondary N) is 1. The Labute approximate surface area is 294 Å². The number of benzene rings is 2. The third-order valence-corrected chi connectivity index (χ3v) is 13.9. The number of hydrogen-bond donors (Lipinski definition) is 1. The second-order valence-corrected chi connectivity index (χ2v) is 17.3. The Balaban J connectivity index is 1.34. The second kappa shape index (κ2) is 13.1. The first-order chi connectivity index (χ1) is 23.4. The fraction of sp³-hybridized carbons (Fsp3) is 0.526. The van der Waals surface area contributed by atoms with E-state index in [1.807, 2.05) is 32.0 Å². The highest BCUT2D eigenvalue weighted by Gasteiger charge is 2.49. The third-order valence-electron chi connectivity index (χ3n) is 11.7. The van der Waals surface area contributed by atoms with Crippen LogP contribution in [0, 0.1) is 24.7 Å². The fourth-order valence-corrected chi connectivity index (χ4v) is 10.1. The molecule has 4 aliphatic rings. The number of aryl methyl sites for hydroxylation is 2. The Bertz CT molecular complexity index is 1880. The lowest BCUT2D eigenvalue weighted by Gasteiger charge is -2.50. The van der Waals surface area contributed by atoms with Crippen LogP contribution in [0.5, 0.6) is 5.75 Å². The largest absolute Gasteiger partial charge is 0.490 e. The molecular formula is C38H46ClN3O6S. The maximum Gasteiger partial charge on any atom is 0.264 e. The van der Waals surface area contributed by atoms with Gasteiger partial charge in [-0.2, -0.15) is 0 Å². The summed E-state index contributed by atoms with van der Waals surface area (Å²) in [6.45, 7) is 7.34. The molecule has 1 aromatic heterocycles. The molecule has 7 rings (SSSR count). The van der Waals surface area contributed by atoms with Crippen molar-refractivity contribution < 1.29 is 27.2 Å². The smallest absolute Gasteiger partial charge is 0.264 e. The molecule has 6 atom stereocenters. The van der Waals surface area contributed by atoms with Crippen LogP contribution in [0.25, 0.3) is 0 Å². The minimum atomic E-state index is -3.97. The summed E-state index contributed by atoms with van der Waals surface area (Å²) in [6, 6.07) is 13.5. The number of sulfonamides is 1. The highest BCUT2D eigenvalue weighted by atomic mass is 35.5. The molecule has 0 radical (unpaired) electrons. The molecule has 2 bridgehead atoms. The molecule has 49 heavy (non-hydrogen) atoms. The first-order valence-corrected chi connectivity index (χ1v) is 19.4. The molecule has 0 unspecified atom stereocenters. The van der Waals surface area contributed by atoms with E-state index in [4.69, 9.17) is 25.6 Å². The van der Waals surface area contributed by atoms with Gasteiger partial charge in [0, 0.05) is 48.7 Å². The zero-order valence-electron chi connectivity index (χ0n) is 28.7. The molecule has 9 nitrogen and oxygen atoms in total. The predicted molar refractivity (Wildman–Crippen MR) is 190 cm³/mol. The Morgan fingerprint density at radius 1 is 1.14 bits per heavy atom. The van der Waals surface area contributed by atoms with Crippen LogP contribution in [0.4, 0.5) is 5.69 Å². The molecule has 2 aliphatic carbocycles. The van der Waals surface area contributed by atoms with Crippen molar-refractivity contribution in [3.05, 3.63) is 87.8 Å². The number of halogens is 1. The zero-order valence-corrected chi connectivity index (χ0v) is 30.3. The summed E-state index contributed by atoms with van der Waals surface area (Å²) in [5.74, 6) is 0.986. The lowest BCUT2D eigenvalue weighted by Crippen LogP contribution is -2.54. The molecule has 0 saturated heterocycles.